The number of aromatic nitrogens is 2. The number of amides is 2. The molecule has 0 unspecified atom stereocenters. The molecule has 3 N–H and O–H groups in total. The zero-order chi connectivity index (χ0) is 23.8. The van der Waals surface area contributed by atoms with Gasteiger partial charge in [0.05, 0.1) is 12.0 Å². The highest BCUT2D eigenvalue weighted by molar-refractivity contribution is 7.92. The number of ether oxygens (including phenoxy) is 1. The quantitative estimate of drug-likeness (QED) is 0.437. The van der Waals surface area contributed by atoms with Gasteiger partial charge in [-0.3, -0.25) is 9.59 Å². The van der Waals surface area contributed by atoms with Gasteiger partial charge in [-0.2, -0.15) is 0 Å². The van der Waals surface area contributed by atoms with Gasteiger partial charge in [0.2, 0.25) is 11.9 Å². The topological polar surface area (TPSA) is 139 Å². The summed E-state index contributed by atoms with van der Waals surface area (Å²) in [5.74, 6) is -0.111. The van der Waals surface area contributed by atoms with Gasteiger partial charge in [0.25, 0.3) is 15.9 Å². The molecule has 0 atom stereocenters. The smallest absolute Gasteiger partial charge is 0.264 e. The summed E-state index contributed by atoms with van der Waals surface area (Å²) in [6.07, 6.45) is 1.50. The van der Waals surface area contributed by atoms with Crippen molar-refractivity contribution in [1.29, 1.82) is 0 Å². The van der Waals surface area contributed by atoms with E-state index >= 15 is 0 Å². The maximum atomic E-state index is 12.5. The molecule has 1 heterocycles. The normalized spacial score (nSPS) is 10.8. The second-order valence-corrected chi connectivity index (χ2v) is 8.62. The molecule has 0 aliphatic carbocycles. The number of carbonyl (C=O) groups excluding carboxylic acids is 2. The standard InChI is InChI=1S/C22H23N5O5S/c1-15-10-12-24-22(25-15)27-33(30,31)19-8-6-17(7-9-19)26-20(28)11-13-23-21(29)16-4-3-5-18(14-16)32-2/h3-10,12,14H,11,13H2,1-2H3,(H,23,29)(H,26,28)(H,24,25,27). The minimum absolute atomic E-state index is 0.00356. The van der Waals surface area contributed by atoms with E-state index in [0.717, 1.165) is 0 Å². The Morgan fingerprint density at radius 3 is 2.52 bits per heavy atom. The number of nitrogens with zero attached hydrogens (tertiary/aromatic N) is 2. The van der Waals surface area contributed by atoms with Gasteiger partial charge < -0.3 is 15.4 Å². The van der Waals surface area contributed by atoms with E-state index in [1.54, 1.807) is 37.3 Å². The molecule has 10 nitrogen and oxygen atoms in total. The molecule has 0 bridgehead atoms. The van der Waals surface area contributed by atoms with Crippen LogP contribution in [0.15, 0.2) is 65.7 Å². The minimum atomic E-state index is -3.87. The number of carbonyl (C=O) groups is 2. The van der Waals surface area contributed by atoms with Crippen LogP contribution >= 0.6 is 0 Å². The molecule has 2 aromatic carbocycles. The maximum absolute atomic E-state index is 12.5. The molecule has 3 aromatic rings. The first-order valence-corrected chi connectivity index (χ1v) is 11.4. The fourth-order valence-corrected chi connectivity index (χ4v) is 3.72. The van der Waals surface area contributed by atoms with Gasteiger partial charge in [-0.05, 0) is 55.5 Å². The van der Waals surface area contributed by atoms with Crippen LogP contribution in [0.2, 0.25) is 0 Å². The van der Waals surface area contributed by atoms with Crippen molar-refractivity contribution in [2.75, 3.05) is 23.7 Å². The zero-order valence-corrected chi connectivity index (χ0v) is 18.8. The van der Waals surface area contributed by atoms with Crippen molar-refractivity contribution in [2.24, 2.45) is 0 Å². The summed E-state index contributed by atoms with van der Waals surface area (Å²) in [4.78, 5) is 32.2. The third-order valence-electron chi connectivity index (χ3n) is 4.44. The fourth-order valence-electron chi connectivity index (χ4n) is 2.77. The number of rotatable bonds is 9. The van der Waals surface area contributed by atoms with Gasteiger partial charge in [-0.15, -0.1) is 0 Å². The summed E-state index contributed by atoms with van der Waals surface area (Å²) in [6, 6.07) is 14.0. The van der Waals surface area contributed by atoms with Gasteiger partial charge in [0.1, 0.15) is 5.75 Å². The van der Waals surface area contributed by atoms with Crippen molar-refractivity contribution >= 4 is 33.5 Å². The highest BCUT2D eigenvalue weighted by Crippen LogP contribution is 2.17. The Hall–Kier alpha value is -3.99. The van der Waals surface area contributed by atoms with E-state index < -0.39 is 10.0 Å². The third kappa shape index (κ3) is 6.74. The number of hydrogen-bond acceptors (Lipinski definition) is 7. The Morgan fingerprint density at radius 2 is 1.82 bits per heavy atom. The number of nitrogens with one attached hydrogen (secondary N) is 3. The summed E-state index contributed by atoms with van der Waals surface area (Å²) in [5.41, 5.74) is 1.47. The molecule has 0 fully saturated rings. The van der Waals surface area contributed by atoms with Gasteiger partial charge in [0, 0.05) is 36.1 Å². The predicted octanol–water partition coefficient (Wildman–Crippen LogP) is 2.35. The van der Waals surface area contributed by atoms with Gasteiger partial charge >= 0.3 is 0 Å². The lowest BCUT2D eigenvalue weighted by molar-refractivity contribution is -0.116. The van der Waals surface area contributed by atoms with E-state index in [1.807, 2.05) is 0 Å². The largest absolute Gasteiger partial charge is 0.497 e. The lowest BCUT2D eigenvalue weighted by atomic mass is 10.2. The van der Waals surface area contributed by atoms with E-state index in [2.05, 4.69) is 25.3 Å². The first kappa shape index (κ1) is 23.7. The van der Waals surface area contributed by atoms with Crippen LogP contribution in [0.1, 0.15) is 22.5 Å². The van der Waals surface area contributed by atoms with E-state index in [-0.39, 0.29) is 35.6 Å². The van der Waals surface area contributed by atoms with E-state index in [4.69, 9.17) is 4.74 Å². The Morgan fingerprint density at radius 1 is 1.06 bits per heavy atom. The molecular formula is C22H23N5O5S. The molecule has 0 saturated carbocycles. The third-order valence-corrected chi connectivity index (χ3v) is 5.78. The molecule has 0 saturated heterocycles. The second kappa shape index (κ2) is 10.6. The first-order valence-electron chi connectivity index (χ1n) is 9.91. The molecule has 2 amide bonds. The van der Waals surface area contributed by atoms with Gasteiger partial charge in [-0.1, -0.05) is 6.07 Å². The van der Waals surface area contributed by atoms with Gasteiger partial charge in [0.15, 0.2) is 0 Å². The van der Waals surface area contributed by atoms with Crippen LogP contribution in [-0.4, -0.2) is 43.9 Å². The van der Waals surface area contributed by atoms with Gasteiger partial charge in [-0.25, -0.2) is 23.1 Å². The zero-order valence-electron chi connectivity index (χ0n) is 18.0. The molecule has 3 rings (SSSR count). The highest BCUT2D eigenvalue weighted by Gasteiger charge is 2.16. The van der Waals surface area contributed by atoms with Crippen LogP contribution in [0.4, 0.5) is 11.6 Å². The van der Waals surface area contributed by atoms with Crippen LogP contribution in [0.5, 0.6) is 5.75 Å². The Bertz CT molecular complexity index is 1250. The lowest BCUT2D eigenvalue weighted by Crippen LogP contribution is -2.27. The number of sulfonamides is 1. The SMILES string of the molecule is COc1cccc(C(=O)NCCC(=O)Nc2ccc(S(=O)(=O)Nc3nccc(C)n3)cc2)c1. The lowest BCUT2D eigenvalue weighted by Gasteiger charge is -2.09. The fraction of sp³-hybridized carbons (Fsp3) is 0.182. The van der Waals surface area contributed by atoms with Crippen LogP contribution in [0.3, 0.4) is 0 Å². The van der Waals surface area contributed by atoms with Crippen molar-refractivity contribution in [3.05, 3.63) is 72.1 Å². The summed E-state index contributed by atoms with van der Waals surface area (Å²) in [5, 5.41) is 5.33. The molecular weight excluding hydrogens is 446 g/mol. The summed E-state index contributed by atoms with van der Waals surface area (Å²) in [6.45, 7) is 1.86. The van der Waals surface area contributed by atoms with Crippen molar-refractivity contribution in [3.63, 3.8) is 0 Å². The monoisotopic (exact) mass is 469 g/mol. The Kier molecular flexibility index (Phi) is 7.57. The Labute approximate surface area is 191 Å². The number of hydrogen-bond donors (Lipinski definition) is 3. The molecule has 172 valence electrons. The van der Waals surface area contributed by atoms with Crippen molar-refractivity contribution in [1.82, 2.24) is 15.3 Å². The van der Waals surface area contributed by atoms with Crippen LogP contribution < -0.4 is 20.1 Å². The average molecular weight is 470 g/mol. The average Bonchev–Trinajstić information content (AvgIpc) is 2.79. The van der Waals surface area contributed by atoms with Crippen molar-refractivity contribution in [2.45, 2.75) is 18.2 Å². The number of aryl methyl sites for hydroxylation is 1. The van der Waals surface area contributed by atoms with Crippen LogP contribution in [-0.2, 0) is 14.8 Å². The minimum Gasteiger partial charge on any atom is -0.497 e. The number of benzene rings is 2. The molecule has 0 aliphatic heterocycles. The Balaban J connectivity index is 1.50. The van der Waals surface area contributed by atoms with E-state index in [9.17, 15) is 18.0 Å². The summed E-state index contributed by atoms with van der Waals surface area (Å²) >= 11 is 0. The molecule has 11 heteroatoms. The molecule has 0 radical (unpaired) electrons. The molecule has 33 heavy (non-hydrogen) atoms. The molecule has 1 aromatic heterocycles. The van der Waals surface area contributed by atoms with Crippen molar-refractivity contribution in [3.8, 4) is 5.75 Å². The predicted molar refractivity (Wildman–Crippen MR) is 123 cm³/mol. The van der Waals surface area contributed by atoms with Crippen molar-refractivity contribution < 1.29 is 22.7 Å². The molecule has 0 spiro atoms. The number of anilines is 2. The number of methoxy groups -OCH3 is 1. The highest BCUT2D eigenvalue weighted by atomic mass is 32.2. The van der Waals surface area contributed by atoms with E-state index in [0.29, 0.717) is 22.7 Å². The molecule has 0 aliphatic rings. The van der Waals surface area contributed by atoms with E-state index in [1.165, 1.54) is 37.6 Å². The second-order valence-electron chi connectivity index (χ2n) is 6.94. The first-order chi connectivity index (χ1) is 15.8. The summed E-state index contributed by atoms with van der Waals surface area (Å²) < 4.78 is 32.4. The van der Waals surface area contributed by atoms with Crippen LogP contribution in [0.25, 0.3) is 0 Å². The maximum Gasteiger partial charge on any atom is 0.264 e. The summed E-state index contributed by atoms with van der Waals surface area (Å²) in [7, 11) is -2.36. The van der Waals surface area contributed by atoms with Crippen LogP contribution in [0, 0.1) is 6.92 Å².